The molecule has 0 aliphatic rings. The van der Waals surface area contributed by atoms with Gasteiger partial charge in [0.1, 0.15) is 5.69 Å². The van der Waals surface area contributed by atoms with E-state index in [1.165, 1.54) is 11.5 Å². The molecule has 0 saturated heterocycles. The molecule has 0 atom stereocenters. The Kier molecular flexibility index (Phi) is 4.91. The number of nitrogens with zero attached hydrogens (tertiary/aromatic N) is 3. The lowest BCUT2D eigenvalue weighted by Crippen LogP contribution is -2.11. The standard InChI is InChI=1S/C19H18BrN3O3/c1-5-15-21-22-19(26-15)17-10(2)16(11(3)23(17)12(4)24)18(25)13-7-6-8-14(20)9-13/h6-9H,5H2,1-4H3. The molecule has 0 spiro atoms. The Bertz CT molecular complexity index is 1020. The third-order valence-electron chi connectivity index (χ3n) is 4.25. The maximum atomic E-state index is 13.1. The number of aromatic nitrogens is 3. The van der Waals surface area contributed by atoms with Gasteiger partial charge < -0.3 is 4.42 Å². The van der Waals surface area contributed by atoms with Gasteiger partial charge in [-0.25, -0.2) is 0 Å². The van der Waals surface area contributed by atoms with E-state index in [0.717, 1.165) is 4.47 Å². The van der Waals surface area contributed by atoms with Crippen molar-refractivity contribution in [3.05, 3.63) is 57.0 Å². The summed E-state index contributed by atoms with van der Waals surface area (Å²) in [6, 6.07) is 7.16. The predicted octanol–water partition coefficient (Wildman–Crippen LogP) is 4.37. The Morgan fingerprint density at radius 1 is 1.23 bits per heavy atom. The van der Waals surface area contributed by atoms with Crippen LogP contribution in [0.15, 0.2) is 33.2 Å². The highest BCUT2D eigenvalue weighted by Crippen LogP contribution is 2.32. The van der Waals surface area contributed by atoms with Crippen molar-refractivity contribution in [1.29, 1.82) is 0 Å². The van der Waals surface area contributed by atoms with Gasteiger partial charge in [0.05, 0.1) is 0 Å². The first-order valence-corrected chi connectivity index (χ1v) is 9.00. The average molecular weight is 416 g/mol. The maximum absolute atomic E-state index is 13.1. The lowest BCUT2D eigenvalue weighted by Gasteiger charge is -2.05. The molecule has 0 unspecified atom stereocenters. The zero-order valence-electron chi connectivity index (χ0n) is 15.0. The van der Waals surface area contributed by atoms with Gasteiger partial charge in [0, 0.05) is 34.6 Å². The molecule has 26 heavy (non-hydrogen) atoms. The van der Waals surface area contributed by atoms with Crippen molar-refractivity contribution in [1.82, 2.24) is 14.8 Å². The second kappa shape index (κ2) is 6.99. The van der Waals surface area contributed by atoms with Crippen molar-refractivity contribution in [2.45, 2.75) is 34.1 Å². The Labute approximate surface area is 159 Å². The zero-order valence-corrected chi connectivity index (χ0v) is 16.5. The van der Waals surface area contributed by atoms with Gasteiger partial charge in [-0.2, -0.15) is 0 Å². The van der Waals surface area contributed by atoms with Gasteiger partial charge in [-0.1, -0.05) is 35.0 Å². The first kappa shape index (κ1) is 18.3. The molecular formula is C19H18BrN3O3. The van der Waals surface area contributed by atoms with Crippen LogP contribution in [0.2, 0.25) is 0 Å². The van der Waals surface area contributed by atoms with Crippen LogP contribution < -0.4 is 0 Å². The van der Waals surface area contributed by atoms with Crippen LogP contribution >= 0.6 is 15.9 Å². The van der Waals surface area contributed by atoms with Crippen molar-refractivity contribution in [2.75, 3.05) is 0 Å². The van der Waals surface area contributed by atoms with Gasteiger partial charge in [-0.05, 0) is 31.5 Å². The van der Waals surface area contributed by atoms with Gasteiger partial charge in [0.25, 0.3) is 5.89 Å². The van der Waals surface area contributed by atoms with E-state index in [9.17, 15) is 9.59 Å². The highest BCUT2D eigenvalue weighted by molar-refractivity contribution is 9.10. The zero-order chi connectivity index (χ0) is 19.0. The minimum atomic E-state index is -0.217. The van der Waals surface area contributed by atoms with E-state index in [0.29, 0.717) is 40.4 Å². The summed E-state index contributed by atoms with van der Waals surface area (Å²) in [7, 11) is 0. The smallest absolute Gasteiger partial charge is 0.265 e. The van der Waals surface area contributed by atoms with Gasteiger partial charge >= 0.3 is 0 Å². The normalized spacial score (nSPS) is 11.0. The number of carbonyl (C=O) groups is 2. The van der Waals surface area contributed by atoms with Crippen LogP contribution in [-0.4, -0.2) is 26.5 Å². The molecule has 2 aromatic heterocycles. The molecule has 3 aromatic rings. The molecule has 1 aromatic carbocycles. The van der Waals surface area contributed by atoms with Crippen molar-refractivity contribution < 1.29 is 14.0 Å². The van der Waals surface area contributed by atoms with E-state index >= 15 is 0 Å². The number of hydrogen-bond acceptors (Lipinski definition) is 5. The Morgan fingerprint density at radius 2 is 1.96 bits per heavy atom. The van der Waals surface area contributed by atoms with Crippen LogP contribution in [0.1, 0.15) is 51.7 Å². The number of hydrogen-bond donors (Lipinski definition) is 0. The second-order valence-corrected chi connectivity index (χ2v) is 6.90. The van der Waals surface area contributed by atoms with Crippen LogP contribution in [0, 0.1) is 13.8 Å². The fraction of sp³-hybridized carbons (Fsp3) is 0.263. The summed E-state index contributed by atoms with van der Waals surface area (Å²) in [6.45, 7) is 6.89. The average Bonchev–Trinajstić information content (AvgIpc) is 3.16. The third-order valence-corrected chi connectivity index (χ3v) is 4.74. The summed E-state index contributed by atoms with van der Waals surface area (Å²) >= 11 is 3.39. The number of rotatable bonds is 4. The topological polar surface area (TPSA) is 78.0 Å². The van der Waals surface area contributed by atoms with Gasteiger partial charge in [-0.3, -0.25) is 14.2 Å². The molecule has 3 rings (SSSR count). The van der Waals surface area contributed by atoms with Crippen molar-refractivity contribution in [3.63, 3.8) is 0 Å². The minimum absolute atomic E-state index is 0.155. The summed E-state index contributed by atoms with van der Waals surface area (Å²) in [6.07, 6.45) is 0.593. The fourth-order valence-corrected chi connectivity index (χ4v) is 3.49. The maximum Gasteiger partial charge on any atom is 0.265 e. The number of aryl methyl sites for hydroxylation is 1. The monoisotopic (exact) mass is 415 g/mol. The van der Waals surface area contributed by atoms with Crippen LogP contribution in [0.4, 0.5) is 0 Å². The Morgan fingerprint density at radius 3 is 2.54 bits per heavy atom. The quantitative estimate of drug-likeness (QED) is 0.591. The minimum Gasteiger partial charge on any atom is -0.419 e. The SMILES string of the molecule is CCc1nnc(-c2c(C)c(C(=O)c3cccc(Br)c3)c(C)n2C(C)=O)o1. The lowest BCUT2D eigenvalue weighted by molar-refractivity contribution is 0.0936. The highest BCUT2D eigenvalue weighted by atomic mass is 79.9. The van der Waals surface area contributed by atoms with Crippen molar-refractivity contribution in [2.24, 2.45) is 0 Å². The Hall–Kier alpha value is -2.54. The largest absolute Gasteiger partial charge is 0.419 e. The van der Waals surface area contributed by atoms with Gasteiger partial charge in [0.15, 0.2) is 5.78 Å². The van der Waals surface area contributed by atoms with E-state index in [1.54, 1.807) is 32.0 Å². The van der Waals surface area contributed by atoms with Crippen molar-refractivity contribution >= 4 is 27.6 Å². The summed E-state index contributed by atoms with van der Waals surface area (Å²) in [5.41, 5.74) is 2.70. The molecule has 2 heterocycles. The predicted molar refractivity (Wildman–Crippen MR) is 100 cm³/mol. The summed E-state index contributed by atoms with van der Waals surface area (Å²) < 4.78 is 7.93. The van der Waals surface area contributed by atoms with E-state index < -0.39 is 0 Å². The first-order chi connectivity index (χ1) is 12.3. The summed E-state index contributed by atoms with van der Waals surface area (Å²) in [4.78, 5) is 25.4. The number of halogens is 1. The van der Waals surface area contributed by atoms with Crippen LogP contribution in [-0.2, 0) is 6.42 Å². The number of benzene rings is 1. The van der Waals surface area contributed by atoms with E-state index in [2.05, 4.69) is 26.1 Å². The Balaban J connectivity index is 2.23. The molecule has 0 saturated carbocycles. The molecule has 7 heteroatoms. The molecular weight excluding hydrogens is 398 g/mol. The van der Waals surface area contributed by atoms with E-state index in [4.69, 9.17) is 4.42 Å². The van der Waals surface area contributed by atoms with Gasteiger partial charge in [0.2, 0.25) is 11.8 Å². The molecule has 0 amide bonds. The lowest BCUT2D eigenvalue weighted by atomic mass is 10.00. The highest BCUT2D eigenvalue weighted by Gasteiger charge is 2.28. The number of ketones is 1. The third kappa shape index (κ3) is 3.03. The fourth-order valence-electron chi connectivity index (χ4n) is 3.09. The molecule has 6 nitrogen and oxygen atoms in total. The van der Waals surface area contributed by atoms with Crippen molar-refractivity contribution in [3.8, 4) is 11.6 Å². The number of carbonyl (C=O) groups excluding carboxylic acids is 2. The first-order valence-electron chi connectivity index (χ1n) is 8.21. The van der Waals surface area contributed by atoms with Crippen LogP contribution in [0.5, 0.6) is 0 Å². The second-order valence-electron chi connectivity index (χ2n) is 5.98. The van der Waals surface area contributed by atoms with Gasteiger partial charge in [-0.15, -0.1) is 10.2 Å². The molecule has 0 bridgehead atoms. The van der Waals surface area contributed by atoms with E-state index in [-0.39, 0.29) is 17.6 Å². The molecule has 0 radical (unpaired) electrons. The van der Waals surface area contributed by atoms with Crippen LogP contribution in [0.3, 0.4) is 0 Å². The molecule has 0 aliphatic heterocycles. The summed E-state index contributed by atoms with van der Waals surface area (Å²) in [5, 5.41) is 8.03. The molecule has 0 aliphatic carbocycles. The van der Waals surface area contributed by atoms with E-state index in [1.807, 2.05) is 13.0 Å². The van der Waals surface area contributed by atoms with Crippen LogP contribution in [0.25, 0.3) is 11.6 Å². The molecule has 0 N–H and O–H groups in total. The molecule has 0 fully saturated rings. The molecule has 134 valence electrons. The summed E-state index contributed by atoms with van der Waals surface area (Å²) in [5.74, 6) is 0.349.